The van der Waals surface area contributed by atoms with Crippen molar-refractivity contribution in [1.82, 2.24) is 0 Å². The van der Waals surface area contributed by atoms with Gasteiger partial charge in [0.2, 0.25) is 5.91 Å². The van der Waals surface area contributed by atoms with E-state index in [1.807, 2.05) is 6.26 Å². The molecule has 0 aliphatic heterocycles. The number of benzene rings is 3. The van der Waals surface area contributed by atoms with E-state index in [9.17, 15) is 36.3 Å². The number of alkyl halides is 5. The van der Waals surface area contributed by atoms with E-state index in [1.54, 1.807) is 11.8 Å². The van der Waals surface area contributed by atoms with Crippen LogP contribution in [-0.4, -0.2) is 33.8 Å². The van der Waals surface area contributed by atoms with Crippen LogP contribution in [-0.2, 0) is 28.6 Å². The molecular weight excluding hydrogens is 687 g/mol. The Hall–Kier alpha value is -2.73. The molecule has 14 heteroatoms. The molecule has 4 nitrogen and oxygen atoms in total. The minimum Gasteiger partial charge on any atom is -0.326 e. The first-order valence-electron chi connectivity index (χ1n) is 13.4. The molecular formula is C31H24Cl3F6NO3S. The van der Waals surface area contributed by atoms with Gasteiger partial charge in [-0.05, 0) is 66.0 Å². The van der Waals surface area contributed by atoms with Crippen molar-refractivity contribution in [3.8, 4) is 0 Å². The predicted octanol–water partition coefficient (Wildman–Crippen LogP) is 8.98. The van der Waals surface area contributed by atoms with Gasteiger partial charge in [0.05, 0.1) is 16.5 Å². The van der Waals surface area contributed by atoms with Crippen LogP contribution in [0.4, 0.5) is 32.0 Å². The number of thioether (sulfide) groups is 1. The molecule has 0 radical (unpaired) electrons. The third-order valence-electron chi connectivity index (χ3n) is 7.32. The largest absolute Gasteiger partial charge is 0.419 e. The predicted molar refractivity (Wildman–Crippen MR) is 163 cm³/mol. The highest BCUT2D eigenvalue weighted by Gasteiger charge is 2.67. The molecule has 1 fully saturated rings. The lowest BCUT2D eigenvalue weighted by molar-refractivity contribution is -0.140. The SMILES string of the molecule is CSCCCC(=O)Cc1c(F)ccc(CC(=O)c2cc(NC(=O)[C@H]3[C@H](c4ccc(F)c(C(F)(F)F)c4)C3(Cl)Cl)ccc2Cl)c1F. The van der Waals surface area contributed by atoms with E-state index >= 15 is 4.39 Å². The summed E-state index contributed by atoms with van der Waals surface area (Å²) in [6.07, 6.45) is -3.39. The minimum atomic E-state index is -4.98. The van der Waals surface area contributed by atoms with E-state index < -0.39 is 75.5 Å². The maximum atomic E-state index is 15.2. The fourth-order valence-corrected chi connectivity index (χ4v) is 6.45. The maximum Gasteiger partial charge on any atom is 0.419 e. The van der Waals surface area contributed by atoms with Crippen LogP contribution in [0.25, 0.3) is 0 Å². The molecule has 0 unspecified atom stereocenters. The second kappa shape index (κ2) is 13.9. The molecule has 3 aromatic carbocycles. The normalized spacial score (nSPS) is 17.2. The Kier molecular flexibility index (Phi) is 10.9. The molecule has 4 rings (SSSR count). The summed E-state index contributed by atoms with van der Waals surface area (Å²) in [7, 11) is 0. The van der Waals surface area contributed by atoms with E-state index in [1.165, 1.54) is 18.2 Å². The summed E-state index contributed by atoms with van der Waals surface area (Å²) in [4.78, 5) is 38.5. The number of anilines is 1. The number of Topliss-reactive ketones (excluding diaryl/α,β-unsaturated/α-hetero) is 2. The Balaban J connectivity index is 1.49. The number of rotatable bonds is 12. The van der Waals surface area contributed by atoms with E-state index in [-0.39, 0.29) is 39.6 Å². The fraction of sp³-hybridized carbons (Fsp3) is 0.323. The van der Waals surface area contributed by atoms with Gasteiger partial charge < -0.3 is 5.32 Å². The quantitative estimate of drug-likeness (QED) is 0.0883. The van der Waals surface area contributed by atoms with Crippen molar-refractivity contribution >= 4 is 69.7 Å². The van der Waals surface area contributed by atoms with Crippen LogP contribution in [0.5, 0.6) is 0 Å². The van der Waals surface area contributed by atoms with Crippen LogP contribution < -0.4 is 5.32 Å². The zero-order valence-corrected chi connectivity index (χ0v) is 26.4. The summed E-state index contributed by atoms with van der Waals surface area (Å²) >= 11 is 20.2. The number of hydrogen-bond acceptors (Lipinski definition) is 4. The number of ketones is 2. The molecule has 1 aliphatic rings. The van der Waals surface area contributed by atoms with Crippen molar-refractivity contribution in [3.05, 3.63) is 98.8 Å². The number of amides is 1. The Morgan fingerprint density at radius 1 is 0.956 bits per heavy atom. The van der Waals surface area contributed by atoms with Crippen molar-refractivity contribution in [2.75, 3.05) is 17.3 Å². The lowest BCUT2D eigenvalue weighted by Crippen LogP contribution is -2.18. The summed E-state index contributed by atoms with van der Waals surface area (Å²) in [6, 6.07) is 8.14. The highest BCUT2D eigenvalue weighted by molar-refractivity contribution is 7.98. The first-order chi connectivity index (χ1) is 21.1. The molecule has 240 valence electrons. The van der Waals surface area contributed by atoms with Crippen molar-refractivity contribution in [1.29, 1.82) is 0 Å². The molecule has 3 aromatic rings. The van der Waals surface area contributed by atoms with Gasteiger partial charge in [-0.2, -0.15) is 24.9 Å². The number of nitrogens with one attached hydrogen (secondary N) is 1. The van der Waals surface area contributed by atoms with E-state index in [0.29, 0.717) is 18.6 Å². The third-order valence-corrected chi connectivity index (χ3v) is 9.29. The topological polar surface area (TPSA) is 63.2 Å². The summed E-state index contributed by atoms with van der Waals surface area (Å²) in [5.41, 5.74) is -2.28. The molecule has 0 heterocycles. The van der Waals surface area contributed by atoms with Crippen LogP contribution in [0.1, 0.15) is 51.4 Å². The highest BCUT2D eigenvalue weighted by atomic mass is 35.5. The molecule has 1 N–H and O–H groups in total. The highest BCUT2D eigenvalue weighted by Crippen LogP contribution is 2.65. The van der Waals surface area contributed by atoms with Crippen LogP contribution in [0.3, 0.4) is 0 Å². The Bertz CT molecular complexity index is 1650. The first kappa shape index (κ1) is 35.1. The van der Waals surface area contributed by atoms with Crippen LogP contribution in [0, 0.1) is 23.4 Å². The molecule has 0 spiro atoms. The average molecular weight is 711 g/mol. The monoisotopic (exact) mass is 709 g/mol. The number of hydrogen-bond donors (Lipinski definition) is 1. The molecule has 1 aliphatic carbocycles. The van der Waals surface area contributed by atoms with Crippen molar-refractivity contribution in [3.63, 3.8) is 0 Å². The summed E-state index contributed by atoms with van der Waals surface area (Å²) < 4.78 is 81.2. The fourth-order valence-electron chi connectivity index (χ4n) is 4.97. The van der Waals surface area contributed by atoms with Crippen LogP contribution in [0.2, 0.25) is 5.02 Å². The molecule has 1 saturated carbocycles. The lowest BCUT2D eigenvalue weighted by atomic mass is 9.97. The van der Waals surface area contributed by atoms with Gasteiger partial charge in [-0.25, -0.2) is 13.2 Å². The lowest BCUT2D eigenvalue weighted by Gasteiger charge is -2.12. The van der Waals surface area contributed by atoms with E-state index in [2.05, 4.69) is 5.32 Å². The van der Waals surface area contributed by atoms with Gasteiger partial charge in [-0.15, -0.1) is 23.2 Å². The summed E-state index contributed by atoms with van der Waals surface area (Å²) in [6.45, 7) is 0. The zero-order valence-electron chi connectivity index (χ0n) is 23.3. The Morgan fingerprint density at radius 3 is 2.31 bits per heavy atom. The van der Waals surface area contributed by atoms with Gasteiger partial charge in [0.1, 0.15) is 27.6 Å². The number of carbonyl (C=O) groups excluding carboxylic acids is 3. The number of halogens is 9. The van der Waals surface area contributed by atoms with E-state index in [0.717, 1.165) is 24.0 Å². The molecule has 0 saturated heterocycles. The second-order valence-electron chi connectivity index (χ2n) is 10.5. The van der Waals surface area contributed by atoms with Crippen molar-refractivity contribution < 1.29 is 40.7 Å². The van der Waals surface area contributed by atoms with Crippen molar-refractivity contribution in [2.24, 2.45) is 5.92 Å². The minimum absolute atomic E-state index is 0.0379. The molecule has 0 bridgehead atoms. The smallest absolute Gasteiger partial charge is 0.326 e. The Labute approximate surface area is 273 Å². The molecule has 0 aromatic heterocycles. The number of carbonyl (C=O) groups is 3. The summed E-state index contributed by atoms with van der Waals surface area (Å²) in [5, 5.41) is 2.46. The van der Waals surface area contributed by atoms with Gasteiger partial charge >= 0.3 is 6.18 Å². The Morgan fingerprint density at radius 2 is 1.64 bits per heavy atom. The summed E-state index contributed by atoms with van der Waals surface area (Å²) in [5.74, 6) is -6.83. The average Bonchev–Trinajstić information content (AvgIpc) is 3.55. The standard InChI is InChI=1S/C31H24Cl3F6NO3S/c1-45-10-2-3-18(42)14-20-23(35)8-5-16(28(20)37)12-25(43)19-13-17(6-7-22(19)32)41-29(44)27-26(30(27,33)34)15-4-9-24(36)21(11-15)31(38,39)40/h4-9,11,13,26-27H,2-3,10,12,14H2,1H3,(H,41,44)/t26-,27+/m0/s1. The van der Waals surface area contributed by atoms with Gasteiger partial charge in [0.25, 0.3) is 0 Å². The van der Waals surface area contributed by atoms with E-state index in [4.69, 9.17) is 34.8 Å². The van der Waals surface area contributed by atoms with Crippen LogP contribution >= 0.6 is 46.6 Å². The maximum absolute atomic E-state index is 15.2. The van der Waals surface area contributed by atoms with Gasteiger partial charge in [-0.1, -0.05) is 23.7 Å². The first-order valence-corrected chi connectivity index (χ1v) is 15.9. The van der Waals surface area contributed by atoms with Gasteiger partial charge in [0.15, 0.2) is 5.78 Å². The third kappa shape index (κ3) is 7.99. The second-order valence-corrected chi connectivity index (χ2v) is 13.3. The molecule has 45 heavy (non-hydrogen) atoms. The molecule has 1 amide bonds. The van der Waals surface area contributed by atoms with Gasteiger partial charge in [0, 0.05) is 42.0 Å². The van der Waals surface area contributed by atoms with Gasteiger partial charge in [-0.3, -0.25) is 14.4 Å². The van der Waals surface area contributed by atoms with Crippen molar-refractivity contribution in [2.45, 2.75) is 42.1 Å². The van der Waals surface area contributed by atoms with Crippen LogP contribution in [0.15, 0.2) is 48.5 Å². The molecule has 2 atom stereocenters. The zero-order chi connectivity index (χ0) is 33.3.